The van der Waals surface area contributed by atoms with Gasteiger partial charge in [-0.3, -0.25) is 0 Å². The molecule has 0 aliphatic rings. The van der Waals surface area contributed by atoms with Crippen LogP contribution in [0.15, 0.2) is 72.8 Å². The molecule has 0 saturated carbocycles. The fraction of sp³-hybridized carbons (Fsp3) is 0.278. The maximum absolute atomic E-state index is 6.29. The van der Waals surface area contributed by atoms with Crippen molar-refractivity contribution in [2.75, 3.05) is 58.1 Å². The van der Waals surface area contributed by atoms with Crippen LogP contribution < -0.4 is 20.1 Å². The minimum atomic E-state index is 0.679. The minimum absolute atomic E-state index is 0.679. The van der Waals surface area contributed by atoms with Gasteiger partial charge in [0.1, 0.15) is 11.5 Å². The molecule has 2 N–H and O–H groups in total. The number of halogens is 2. The summed E-state index contributed by atoms with van der Waals surface area (Å²) >= 11 is 12.6. The Morgan fingerprint density at radius 3 is 1.58 bits per heavy atom. The first-order valence-corrected chi connectivity index (χ1v) is 16.0. The molecule has 6 rings (SSSR count). The van der Waals surface area contributed by atoms with Gasteiger partial charge in [0.15, 0.2) is 0 Å². The van der Waals surface area contributed by atoms with Gasteiger partial charge in [-0.25, -0.2) is 9.97 Å². The van der Waals surface area contributed by atoms with E-state index >= 15 is 0 Å². The zero-order valence-electron chi connectivity index (χ0n) is 25.8. The fourth-order valence-corrected chi connectivity index (χ4v) is 6.15. The molecule has 0 unspecified atom stereocenters. The van der Waals surface area contributed by atoms with Crippen molar-refractivity contribution in [3.8, 4) is 11.5 Å². The molecule has 6 aromatic rings. The number of unbranched alkanes of at least 4 members (excludes halogenated alkanes) is 1. The second-order valence-corrected chi connectivity index (χ2v) is 12.2. The van der Waals surface area contributed by atoms with E-state index in [9.17, 15) is 0 Å². The van der Waals surface area contributed by atoms with Crippen molar-refractivity contribution in [1.29, 1.82) is 0 Å². The molecule has 45 heavy (non-hydrogen) atoms. The summed E-state index contributed by atoms with van der Waals surface area (Å²) in [7, 11) is 5.56. The number of rotatable bonds is 13. The predicted molar refractivity (Wildman–Crippen MR) is 190 cm³/mol. The van der Waals surface area contributed by atoms with E-state index in [0.717, 1.165) is 112 Å². The molecule has 2 heterocycles. The molecule has 0 aliphatic carbocycles. The number of anilines is 2. The summed E-state index contributed by atoms with van der Waals surface area (Å²) in [6.07, 6.45) is 3.15. The number of nitrogens with one attached hydrogen (secondary N) is 2. The van der Waals surface area contributed by atoms with E-state index in [1.54, 1.807) is 14.2 Å². The van der Waals surface area contributed by atoms with Crippen LogP contribution in [0.2, 0.25) is 10.0 Å². The second kappa shape index (κ2) is 13.9. The van der Waals surface area contributed by atoms with Gasteiger partial charge >= 0.3 is 0 Å². The lowest BCUT2D eigenvalue weighted by molar-refractivity contribution is 0.326. The summed E-state index contributed by atoms with van der Waals surface area (Å²) in [5.41, 5.74) is 5.72. The Bertz CT molecular complexity index is 1980. The number of hydrogen-bond acceptors (Lipinski definition) is 7. The number of benzene rings is 4. The first-order valence-electron chi connectivity index (χ1n) is 15.2. The first kappa shape index (κ1) is 31.0. The van der Waals surface area contributed by atoms with Crippen LogP contribution in [0.3, 0.4) is 0 Å². The molecule has 7 nitrogen and oxygen atoms in total. The highest BCUT2D eigenvalue weighted by atomic mass is 35.5. The molecule has 0 amide bonds. The molecule has 4 aromatic carbocycles. The summed E-state index contributed by atoms with van der Waals surface area (Å²) in [5.74, 6) is 1.62. The van der Waals surface area contributed by atoms with Gasteiger partial charge in [-0.15, -0.1) is 0 Å². The zero-order valence-corrected chi connectivity index (χ0v) is 27.3. The van der Waals surface area contributed by atoms with Crippen molar-refractivity contribution in [2.24, 2.45) is 0 Å². The molecule has 0 fully saturated rings. The van der Waals surface area contributed by atoms with Crippen LogP contribution in [0.1, 0.15) is 19.3 Å². The van der Waals surface area contributed by atoms with E-state index in [2.05, 4.69) is 22.6 Å². The number of fused-ring (bicyclic) bond motifs is 4. The van der Waals surface area contributed by atoms with Crippen molar-refractivity contribution >= 4 is 78.2 Å². The van der Waals surface area contributed by atoms with Gasteiger partial charge in [-0.1, -0.05) is 23.2 Å². The number of methoxy groups -OCH3 is 2. The van der Waals surface area contributed by atoms with Gasteiger partial charge < -0.3 is 25.0 Å². The SMILES string of the molecule is COc1ccc2nc3cc(Cl)ccc3c(NCCCCN(C)CCCNc3c4ccc(Cl)cc4nc4ccc(OC)cc34)c2c1. The van der Waals surface area contributed by atoms with Crippen LogP contribution in [0.25, 0.3) is 43.6 Å². The summed E-state index contributed by atoms with van der Waals surface area (Å²) < 4.78 is 11.0. The molecule has 0 saturated heterocycles. The lowest BCUT2D eigenvalue weighted by Gasteiger charge is -2.18. The molecule has 0 aliphatic heterocycles. The van der Waals surface area contributed by atoms with E-state index in [4.69, 9.17) is 42.6 Å². The largest absolute Gasteiger partial charge is 0.497 e. The Morgan fingerprint density at radius 1 is 0.578 bits per heavy atom. The molecular formula is C36H37Cl2N5O2. The number of pyridine rings is 2. The highest BCUT2D eigenvalue weighted by Gasteiger charge is 2.13. The van der Waals surface area contributed by atoms with Crippen molar-refractivity contribution in [3.05, 3.63) is 82.8 Å². The van der Waals surface area contributed by atoms with Gasteiger partial charge in [0, 0.05) is 44.7 Å². The monoisotopic (exact) mass is 641 g/mol. The van der Waals surface area contributed by atoms with E-state index in [1.165, 1.54) is 0 Å². The number of ether oxygens (including phenoxy) is 2. The molecule has 232 valence electrons. The predicted octanol–water partition coefficient (Wildman–Crippen LogP) is 9.04. The maximum Gasteiger partial charge on any atom is 0.119 e. The van der Waals surface area contributed by atoms with Gasteiger partial charge in [0.05, 0.1) is 47.7 Å². The molecule has 0 radical (unpaired) electrons. The van der Waals surface area contributed by atoms with E-state index in [1.807, 2.05) is 72.8 Å². The van der Waals surface area contributed by atoms with Gasteiger partial charge in [0.25, 0.3) is 0 Å². The zero-order chi connectivity index (χ0) is 31.3. The maximum atomic E-state index is 6.29. The molecule has 9 heteroatoms. The van der Waals surface area contributed by atoms with Gasteiger partial charge in [-0.05, 0) is 112 Å². The Labute approximate surface area is 273 Å². The van der Waals surface area contributed by atoms with Crippen molar-refractivity contribution in [1.82, 2.24) is 14.9 Å². The topological polar surface area (TPSA) is 71.5 Å². The number of aromatic nitrogens is 2. The fourth-order valence-electron chi connectivity index (χ4n) is 5.82. The molecule has 0 spiro atoms. The summed E-state index contributed by atoms with van der Waals surface area (Å²) in [6, 6.07) is 23.7. The minimum Gasteiger partial charge on any atom is -0.497 e. The third-order valence-corrected chi connectivity index (χ3v) is 8.64. The average Bonchev–Trinajstić information content (AvgIpc) is 3.04. The Hall–Kier alpha value is -4.04. The van der Waals surface area contributed by atoms with Crippen LogP contribution in [0, 0.1) is 0 Å². The van der Waals surface area contributed by atoms with Crippen molar-refractivity contribution in [2.45, 2.75) is 19.3 Å². The molecule has 2 aromatic heterocycles. The van der Waals surface area contributed by atoms with Crippen LogP contribution in [0.4, 0.5) is 11.4 Å². The third kappa shape index (κ3) is 6.96. The van der Waals surface area contributed by atoms with Crippen LogP contribution in [-0.2, 0) is 0 Å². The summed E-state index contributed by atoms with van der Waals surface area (Å²) in [6.45, 7) is 3.73. The highest BCUT2D eigenvalue weighted by molar-refractivity contribution is 6.32. The van der Waals surface area contributed by atoms with Gasteiger partial charge in [-0.2, -0.15) is 0 Å². The van der Waals surface area contributed by atoms with E-state index < -0.39 is 0 Å². The lowest BCUT2D eigenvalue weighted by Crippen LogP contribution is -2.23. The first-order chi connectivity index (χ1) is 21.9. The lowest BCUT2D eigenvalue weighted by atomic mass is 10.1. The summed E-state index contributed by atoms with van der Waals surface area (Å²) in [4.78, 5) is 12.1. The van der Waals surface area contributed by atoms with E-state index in [0.29, 0.717) is 10.0 Å². The Morgan fingerprint density at radius 2 is 1.07 bits per heavy atom. The number of hydrogen-bond donors (Lipinski definition) is 2. The van der Waals surface area contributed by atoms with Crippen LogP contribution in [-0.4, -0.2) is 62.3 Å². The smallest absolute Gasteiger partial charge is 0.119 e. The second-order valence-electron chi connectivity index (χ2n) is 11.3. The van der Waals surface area contributed by atoms with Crippen molar-refractivity contribution in [3.63, 3.8) is 0 Å². The molecule has 0 bridgehead atoms. The highest BCUT2D eigenvalue weighted by Crippen LogP contribution is 2.35. The van der Waals surface area contributed by atoms with Crippen LogP contribution in [0.5, 0.6) is 11.5 Å². The molecule has 0 atom stereocenters. The average molecular weight is 643 g/mol. The Balaban J connectivity index is 1.03. The molecular weight excluding hydrogens is 605 g/mol. The third-order valence-electron chi connectivity index (χ3n) is 8.17. The van der Waals surface area contributed by atoms with Crippen molar-refractivity contribution < 1.29 is 9.47 Å². The van der Waals surface area contributed by atoms with Crippen LogP contribution >= 0.6 is 23.2 Å². The van der Waals surface area contributed by atoms with E-state index in [-0.39, 0.29) is 0 Å². The standard InChI is InChI=1S/C36H37Cl2N5O2/c1-43(18-6-16-40-36-28-12-8-24(38)20-34(28)42-32-14-10-26(45-3)22-30(32)36)17-5-4-15-39-35-27-11-7-23(37)19-33(27)41-31-13-9-25(44-2)21-29(31)35/h7-14,19-22H,4-6,15-18H2,1-3H3,(H,39,41)(H,40,42). The normalized spacial score (nSPS) is 11.6. The Kier molecular flexibility index (Phi) is 9.59. The number of nitrogens with zero attached hydrogens (tertiary/aromatic N) is 3. The quantitative estimate of drug-likeness (QED) is 0.0962. The van der Waals surface area contributed by atoms with Gasteiger partial charge in [0.2, 0.25) is 0 Å². The summed E-state index contributed by atoms with van der Waals surface area (Å²) in [5, 5.41) is 12.9.